The molecular formula is C13H10N4O6. The third kappa shape index (κ3) is 3.75. The summed E-state index contributed by atoms with van der Waals surface area (Å²) in [7, 11) is 0. The highest BCUT2D eigenvalue weighted by Gasteiger charge is 2.15. The van der Waals surface area contributed by atoms with E-state index in [0.717, 1.165) is 18.3 Å². The number of nitrogens with zero attached hydrogens (tertiary/aromatic N) is 3. The maximum absolute atomic E-state index is 11.8. The van der Waals surface area contributed by atoms with Crippen molar-refractivity contribution in [2.45, 2.75) is 6.92 Å². The number of nitro groups is 2. The Hall–Kier alpha value is -3.56. The number of carbonyl (C=O) groups is 1. The Morgan fingerprint density at radius 2 is 1.96 bits per heavy atom. The molecule has 118 valence electrons. The van der Waals surface area contributed by atoms with Gasteiger partial charge in [0.25, 0.3) is 11.6 Å². The van der Waals surface area contributed by atoms with Crippen molar-refractivity contribution >= 4 is 23.7 Å². The molecule has 1 aromatic heterocycles. The number of amides is 1. The van der Waals surface area contributed by atoms with E-state index in [0.29, 0.717) is 5.56 Å². The summed E-state index contributed by atoms with van der Waals surface area (Å²) >= 11 is 0. The van der Waals surface area contributed by atoms with Gasteiger partial charge < -0.3 is 4.42 Å². The average Bonchev–Trinajstić information content (AvgIpc) is 2.96. The number of hydrogen-bond acceptors (Lipinski definition) is 7. The molecule has 1 N–H and O–H groups in total. The number of hydrazone groups is 1. The smallest absolute Gasteiger partial charge is 0.400 e. The first-order chi connectivity index (χ1) is 10.9. The zero-order valence-corrected chi connectivity index (χ0v) is 11.8. The summed E-state index contributed by atoms with van der Waals surface area (Å²) in [4.78, 5) is 31.8. The molecule has 1 heterocycles. The average molecular weight is 318 g/mol. The zero-order chi connectivity index (χ0) is 17.0. The van der Waals surface area contributed by atoms with Crippen molar-refractivity contribution in [3.63, 3.8) is 0 Å². The van der Waals surface area contributed by atoms with Crippen LogP contribution in [0, 0.1) is 27.2 Å². The van der Waals surface area contributed by atoms with Gasteiger partial charge >= 0.3 is 5.88 Å². The molecule has 0 spiro atoms. The Labute approximate surface area is 128 Å². The van der Waals surface area contributed by atoms with E-state index in [9.17, 15) is 25.0 Å². The fourth-order valence-corrected chi connectivity index (χ4v) is 1.68. The second-order valence-electron chi connectivity index (χ2n) is 4.39. The van der Waals surface area contributed by atoms with Crippen molar-refractivity contribution < 1.29 is 19.1 Å². The molecule has 10 heteroatoms. The first-order valence-electron chi connectivity index (χ1n) is 6.21. The monoisotopic (exact) mass is 318 g/mol. The summed E-state index contributed by atoms with van der Waals surface area (Å²) in [6, 6.07) is 6.46. The van der Waals surface area contributed by atoms with Gasteiger partial charge in [-0.3, -0.25) is 25.0 Å². The van der Waals surface area contributed by atoms with Gasteiger partial charge in [-0.1, -0.05) is 6.07 Å². The van der Waals surface area contributed by atoms with Crippen LogP contribution < -0.4 is 5.43 Å². The molecule has 0 unspecified atom stereocenters. The van der Waals surface area contributed by atoms with Gasteiger partial charge in [-0.25, -0.2) is 5.43 Å². The topological polar surface area (TPSA) is 141 Å². The minimum Gasteiger partial charge on any atom is -0.400 e. The SMILES string of the molecule is Cc1ccc(C(=O)N/N=C/c2ccc([N+](=O)[O-])o2)cc1[N+](=O)[O-]. The number of carbonyl (C=O) groups excluding carboxylic acids is 1. The highest BCUT2D eigenvalue weighted by molar-refractivity contribution is 5.95. The molecule has 0 radical (unpaired) electrons. The molecule has 1 aromatic carbocycles. The molecule has 2 aromatic rings. The van der Waals surface area contributed by atoms with E-state index >= 15 is 0 Å². The molecule has 0 aliphatic heterocycles. The van der Waals surface area contributed by atoms with E-state index < -0.39 is 21.6 Å². The number of nitro benzene ring substituents is 1. The molecule has 0 saturated carbocycles. The summed E-state index contributed by atoms with van der Waals surface area (Å²) in [5, 5.41) is 24.8. The summed E-state index contributed by atoms with van der Waals surface area (Å²) in [6.07, 6.45) is 1.08. The van der Waals surface area contributed by atoms with E-state index in [1.165, 1.54) is 18.2 Å². The van der Waals surface area contributed by atoms with E-state index in [2.05, 4.69) is 10.5 Å². The predicted molar refractivity (Wildman–Crippen MR) is 78.3 cm³/mol. The van der Waals surface area contributed by atoms with Crippen molar-refractivity contribution in [3.8, 4) is 0 Å². The van der Waals surface area contributed by atoms with Crippen LogP contribution in [0.3, 0.4) is 0 Å². The normalized spacial score (nSPS) is 10.7. The Bertz CT molecular complexity index is 811. The highest BCUT2D eigenvalue weighted by Crippen LogP contribution is 2.19. The summed E-state index contributed by atoms with van der Waals surface area (Å²) in [6.45, 7) is 1.56. The maximum Gasteiger partial charge on any atom is 0.433 e. The standard InChI is InChI=1S/C13H10N4O6/c1-8-2-3-9(6-11(8)16(19)20)13(18)15-14-7-10-4-5-12(23-10)17(21)22/h2-7H,1H3,(H,15,18)/b14-7+. The second-order valence-corrected chi connectivity index (χ2v) is 4.39. The van der Waals surface area contributed by atoms with E-state index in [1.54, 1.807) is 6.92 Å². The minimum absolute atomic E-state index is 0.0601. The van der Waals surface area contributed by atoms with Crippen LogP contribution in [0.2, 0.25) is 0 Å². The Kier molecular flexibility index (Phi) is 4.45. The van der Waals surface area contributed by atoms with E-state index in [-0.39, 0.29) is 17.0 Å². The highest BCUT2D eigenvalue weighted by atomic mass is 16.6. The van der Waals surface area contributed by atoms with Crippen LogP contribution in [0.25, 0.3) is 0 Å². The van der Waals surface area contributed by atoms with Crippen molar-refractivity contribution in [2.24, 2.45) is 5.10 Å². The lowest BCUT2D eigenvalue weighted by atomic mass is 10.1. The number of furan rings is 1. The number of aryl methyl sites for hydroxylation is 1. The van der Waals surface area contributed by atoms with Gasteiger partial charge in [0.2, 0.25) is 0 Å². The molecule has 0 aliphatic rings. The summed E-state index contributed by atoms with van der Waals surface area (Å²) in [5.74, 6) is -1.04. The van der Waals surface area contributed by atoms with Crippen LogP contribution in [-0.2, 0) is 0 Å². The van der Waals surface area contributed by atoms with Gasteiger partial charge in [-0.2, -0.15) is 5.10 Å². The van der Waals surface area contributed by atoms with E-state index in [1.807, 2.05) is 0 Å². The third-order valence-corrected chi connectivity index (χ3v) is 2.82. The van der Waals surface area contributed by atoms with Gasteiger partial charge in [0, 0.05) is 17.2 Å². The molecule has 0 aliphatic carbocycles. The largest absolute Gasteiger partial charge is 0.433 e. The molecule has 23 heavy (non-hydrogen) atoms. The molecule has 10 nitrogen and oxygen atoms in total. The van der Waals surface area contributed by atoms with E-state index in [4.69, 9.17) is 4.42 Å². The molecular weight excluding hydrogens is 308 g/mol. The lowest BCUT2D eigenvalue weighted by Gasteiger charge is -2.01. The van der Waals surface area contributed by atoms with Crippen molar-refractivity contribution in [3.05, 3.63) is 67.4 Å². The Morgan fingerprint density at radius 1 is 1.22 bits per heavy atom. The van der Waals surface area contributed by atoms with Gasteiger partial charge in [-0.05, 0) is 19.1 Å². The fraction of sp³-hybridized carbons (Fsp3) is 0.0769. The maximum atomic E-state index is 11.8. The van der Waals surface area contributed by atoms with Crippen LogP contribution in [0.4, 0.5) is 11.6 Å². The van der Waals surface area contributed by atoms with Gasteiger partial charge in [0.15, 0.2) is 5.76 Å². The van der Waals surface area contributed by atoms with Gasteiger partial charge in [0.05, 0.1) is 17.2 Å². The number of benzene rings is 1. The summed E-state index contributed by atoms with van der Waals surface area (Å²) < 4.78 is 4.81. The third-order valence-electron chi connectivity index (χ3n) is 2.82. The second kappa shape index (κ2) is 6.47. The minimum atomic E-state index is -0.707. The van der Waals surface area contributed by atoms with Crippen molar-refractivity contribution in [2.75, 3.05) is 0 Å². The number of hydrogen-bond donors (Lipinski definition) is 1. The predicted octanol–water partition coefficient (Wildman–Crippen LogP) is 2.17. The molecule has 0 saturated heterocycles. The fourth-order valence-electron chi connectivity index (χ4n) is 1.68. The first-order valence-corrected chi connectivity index (χ1v) is 6.21. The Balaban J connectivity index is 2.07. The first kappa shape index (κ1) is 15.8. The lowest BCUT2D eigenvalue weighted by molar-refractivity contribution is -0.402. The van der Waals surface area contributed by atoms with Gasteiger partial charge in [-0.15, -0.1) is 0 Å². The quantitative estimate of drug-likeness (QED) is 0.508. The van der Waals surface area contributed by atoms with Crippen LogP contribution in [0.5, 0.6) is 0 Å². The van der Waals surface area contributed by atoms with Crippen molar-refractivity contribution in [1.82, 2.24) is 5.43 Å². The zero-order valence-electron chi connectivity index (χ0n) is 11.8. The van der Waals surface area contributed by atoms with Crippen LogP contribution in [-0.4, -0.2) is 22.0 Å². The van der Waals surface area contributed by atoms with Crippen LogP contribution in [0.1, 0.15) is 21.7 Å². The lowest BCUT2D eigenvalue weighted by Crippen LogP contribution is -2.17. The molecule has 0 fully saturated rings. The molecule has 0 atom stereocenters. The van der Waals surface area contributed by atoms with Crippen LogP contribution in [0.15, 0.2) is 39.9 Å². The molecule has 1 amide bonds. The van der Waals surface area contributed by atoms with Crippen LogP contribution >= 0.6 is 0 Å². The number of nitrogens with one attached hydrogen (secondary N) is 1. The summed E-state index contributed by atoms with van der Waals surface area (Å²) in [5.41, 5.74) is 2.46. The molecule has 2 rings (SSSR count). The number of rotatable bonds is 5. The van der Waals surface area contributed by atoms with Gasteiger partial charge in [0.1, 0.15) is 4.92 Å². The Morgan fingerprint density at radius 3 is 2.57 bits per heavy atom. The molecule has 0 bridgehead atoms. The van der Waals surface area contributed by atoms with Crippen molar-refractivity contribution in [1.29, 1.82) is 0 Å².